The van der Waals surface area contributed by atoms with Crippen molar-refractivity contribution in [2.45, 2.75) is 40.0 Å². The maximum absolute atomic E-state index is 13.0. The van der Waals surface area contributed by atoms with Gasteiger partial charge in [-0.15, -0.1) is 0 Å². The molecule has 1 aliphatic heterocycles. The number of benzene rings is 2. The summed E-state index contributed by atoms with van der Waals surface area (Å²) in [5.41, 5.74) is -0.0144. The van der Waals surface area contributed by atoms with Crippen LogP contribution in [0.15, 0.2) is 36.4 Å². The van der Waals surface area contributed by atoms with Crippen LogP contribution in [0, 0.1) is 11.3 Å². The number of imide groups is 1. The van der Waals surface area contributed by atoms with Crippen LogP contribution in [-0.2, 0) is 9.59 Å². The maximum atomic E-state index is 13.0. The summed E-state index contributed by atoms with van der Waals surface area (Å²) < 4.78 is 0. The van der Waals surface area contributed by atoms with E-state index in [4.69, 9.17) is 0 Å². The summed E-state index contributed by atoms with van der Waals surface area (Å²) in [6, 6.07) is 10.5. The van der Waals surface area contributed by atoms with Crippen molar-refractivity contribution >= 4 is 28.3 Å². The number of carbonyl (C=O) groups is 2. The Labute approximate surface area is 142 Å². The number of aromatic hydroxyl groups is 1. The number of hydrogen-bond acceptors (Lipinski definition) is 3. The zero-order valence-corrected chi connectivity index (χ0v) is 14.4. The van der Waals surface area contributed by atoms with E-state index in [1.54, 1.807) is 24.3 Å². The topological polar surface area (TPSA) is 57.6 Å². The number of fused-ring (bicyclic) bond motifs is 1. The van der Waals surface area contributed by atoms with E-state index >= 15 is 0 Å². The van der Waals surface area contributed by atoms with Crippen LogP contribution < -0.4 is 4.90 Å². The van der Waals surface area contributed by atoms with Crippen LogP contribution in [0.2, 0.25) is 0 Å². The first-order valence-electron chi connectivity index (χ1n) is 8.45. The average Bonchev–Trinajstić information content (AvgIpc) is 2.53. The summed E-state index contributed by atoms with van der Waals surface area (Å²) in [5, 5.41) is 11.4. The Morgan fingerprint density at radius 1 is 1.21 bits per heavy atom. The molecule has 4 heteroatoms. The fourth-order valence-corrected chi connectivity index (χ4v) is 3.62. The fourth-order valence-electron chi connectivity index (χ4n) is 3.62. The third-order valence-corrected chi connectivity index (χ3v) is 4.83. The second-order valence-corrected chi connectivity index (χ2v) is 7.23. The average molecular weight is 325 g/mol. The van der Waals surface area contributed by atoms with Crippen molar-refractivity contribution in [2.75, 3.05) is 4.90 Å². The van der Waals surface area contributed by atoms with Gasteiger partial charge < -0.3 is 5.11 Å². The third kappa shape index (κ3) is 2.66. The van der Waals surface area contributed by atoms with Gasteiger partial charge in [-0.05, 0) is 36.4 Å². The molecule has 0 bridgehead atoms. The summed E-state index contributed by atoms with van der Waals surface area (Å²) in [6.07, 6.45) is 2.28. The molecule has 0 saturated carbocycles. The second kappa shape index (κ2) is 5.93. The molecular formula is C20H23NO3. The molecular weight excluding hydrogens is 302 g/mol. The zero-order chi connectivity index (χ0) is 17.5. The van der Waals surface area contributed by atoms with Gasteiger partial charge >= 0.3 is 0 Å². The lowest BCUT2D eigenvalue weighted by Crippen LogP contribution is -2.53. The van der Waals surface area contributed by atoms with Crippen molar-refractivity contribution in [3.8, 4) is 5.75 Å². The van der Waals surface area contributed by atoms with Crippen LogP contribution in [-0.4, -0.2) is 16.9 Å². The molecule has 0 radical (unpaired) electrons. The Bertz CT molecular complexity index is 810. The zero-order valence-electron chi connectivity index (χ0n) is 14.4. The van der Waals surface area contributed by atoms with Crippen LogP contribution >= 0.6 is 0 Å². The van der Waals surface area contributed by atoms with Crippen molar-refractivity contribution < 1.29 is 14.7 Å². The van der Waals surface area contributed by atoms with E-state index in [1.165, 1.54) is 4.90 Å². The molecule has 1 aliphatic rings. The standard InChI is InChI=1S/C20H23NO3/c1-4-6-14-12-20(2,3)19(24)21(18(14)23)17-8-5-7-13-9-10-15(22)11-16(13)17/h5,7-11,14,22H,4,6,12H2,1-3H3. The van der Waals surface area contributed by atoms with Crippen LogP contribution in [0.25, 0.3) is 10.8 Å². The molecule has 4 nitrogen and oxygen atoms in total. The minimum atomic E-state index is -0.577. The molecule has 1 atom stereocenters. The molecule has 3 rings (SSSR count). The highest BCUT2D eigenvalue weighted by Crippen LogP contribution is 2.41. The molecule has 2 aromatic carbocycles. The summed E-state index contributed by atoms with van der Waals surface area (Å²) >= 11 is 0. The molecule has 0 spiro atoms. The number of piperidine rings is 1. The van der Waals surface area contributed by atoms with E-state index in [1.807, 2.05) is 26.0 Å². The van der Waals surface area contributed by atoms with Gasteiger partial charge in [0.15, 0.2) is 0 Å². The molecule has 1 N–H and O–H groups in total. The predicted molar refractivity (Wildman–Crippen MR) is 94.9 cm³/mol. The molecule has 2 aromatic rings. The number of hydrogen-bond donors (Lipinski definition) is 1. The van der Waals surface area contributed by atoms with Crippen LogP contribution in [0.5, 0.6) is 5.75 Å². The van der Waals surface area contributed by atoms with Gasteiger partial charge in [0, 0.05) is 16.7 Å². The Balaban J connectivity index is 2.17. The smallest absolute Gasteiger partial charge is 0.239 e. The minimum Gasteiger partial charge on any atom is -0.508 e. The highest BCUT2D eigenvalue weighted by molar-refractivity contribution is 6.22. The molecule has 1 heterocycles. The first-order valence-corrected chi connectivity index (χ1v) is 8.45. The van der Waals surface area contributed by atoms with Gasteiger partial charge in [0.05, 0.1) is 5.69 Å². The van der Waals surface area contributed by atoms with Crippen LogP contribution in [0.1, 0.15) is 40.0 Å². The molecule has 24 heavy (non-hydrogen) atoms. The van der Waals surface area contributed by atoms with Crippen LogP contribution in [0.3, 0.4) is 0 Å². The first-order chi connectivity index (χ1) is 11.3. The normalized spacial score (nSPS) is 20.6. The Kier molecular flexibility index (Phi) is 4.08. The highest BCUT2D eigenvalue weighted by Gasteiger charge is 2.46. The van der Waals surface area contributed by atoms with E-state index in [0.717, 1.165) is 18.2 Å². The quantitative estimate of drug-likeness (QED) is 0.858. The lowest BCUT2D eigenvalue weighted by atomic mass is 9.75. The van der Waals surface area contributed by atoms with Gasteiger partial charge in [-0.1, -0.05) is 45.4 Å². The SMILES string of the molecule is CCCC1CC(C)(C)C(=O)N(c2cccc3ccc(O)cc23)C1=O. The fraction of sp³-hybridized carbons (Fsp3) is 0.400. The van der Waals surface area contributed by atoms with Crippen LogP contribution in [0.4, 0.5) is 5.69 Å². The van der Waals surface area contributed by atoms with Gasteiger partial charge in [0.25, 0.3) is 0 Å². The lowest BCUT2D eigenvalue weighted by molar-refractivity contribution is -0.139. The van der Waals surface area contributed by atoms with Crippen molar-refractivity contribution in [1.82, 2.24) is 0 Å². The Hall–Kier alpha value is -2.36. The molecule has 126 valence electrons. The van der Waals surface area contributed by atoms with E-state index in [-0.39, 0.29) is 23.5 Å². The number of rotatable bonds is 3. The van der Waals surface area contributed by atoms with Crippen molar-refractivity contribution in [1.29, 1.82) is 0 Å². The molecule has 0 aliphatic carbocycles. The van der Waals surface area contributed by atoms with Crippen molar-refractivity contribution in [3.63, 3.8) is 0 Å². The summed E-state index contributed by atoms with van der Waals surface area (Å²) in [7, 11) is 0. The van der Waals surface area contributed by atoms with Crippen molar-refractivity contribution in [3.05, 3.63) is 36.4 Å². The van der Waals surface area contributed by atoms with Gasteiger partial charge in [-0.2, -0.15) is 0 Å². The van der Waals surface area contributed by atoms with Gasteiger partial charge in [0.1, 0.15) is 5.75 Å². The van der Waals surface area contributed by atoms with Gasteiger partial charge in [0.2, 0.25) is 11.8 Å². The number of anilines is 1. The van der Waals surface area contributed by atoms with Gasteiger partial charge in [-0.3, -0.25) is 9.59 Å². The second-order valence-electron chi connectivity index (χ2n) is 7.23. The molecule has 1 saturated heterocycles. The summed E-state index contributed by atoms with van der Waals surface area (Å²) in [5.74, 6) is -0.320. The van der Waals surface area contributed by atoms with E-state index in [2.05, 4.69) is 6.92 Å². The number of phenols is 1. The molecule has 2 amide bonds. The molecule has 1 unspecified atom stereocenters. The van der Waals surface area contributed by atoms with Crippen molar-refractivity contribution in [2.24, 2.45) is 11.3 Å². The third-order valence-electron chi connectivity index (χ3n) is 4.83. The summed E-state index contributed by atoms with van der Waals surface area (Å²) in [4.78, 5) is 27.3. The molecule has 0 aromatic heterocycles. The Morgan fingerprint density at radius 2 is 1.96 bits per heavy atom. The predicted octanol–water partition coefficient (Wildman–Crippen LogP) is 4.25. The number of nitrogens with zero attached hydrogens (tertiary/aromatic N) is 1. The molecule has 1 fully saturated rings. The largest absolute Gasteiger partial charge is 0.508 e. The number of phenolic OH excluding ortho intramolecular Hbond substituents is 1. The highest BCUT2D eigenvalue weighted by atomic mass is 16.3. The Morgan fingerprint density at radius 3 is 2.67 bits per heavy atom. The minimum absolute atomic E-state index is 0.122. The van der Waals surface area contributed by atoms with E-state index in [0.29, 0.717) is 17.5 Å². The lowest BCUT2D eigenvalue weighted by Gasteiger charge is -2.40. The monoisotopic (exact) mass is 325 g/mol. The van der Waals surface area contributed by atoms with Gasteiger partial charge in [-0.25, -0.2) is 4.90 Å². The number of amides is 2. The van der Waals surface area contributed by atoms with E-state index < -0.39 is 5.41 Å². The first kappa shape index (κ1) is 16.5. The van der Waals surface area contributed by atoms with E-state index in [9.17, 15) is 14.7 Å². The summed E-state index contributed by atoms with van der Waals surface area (Å²) in [6.45, 7) is 5.86. The number of carbonyl (C=O) groups excluding carboxylic acids is 2. The maximum Gasteiger partial charge on any atom is 0.239 e.